The van der Waals surface area contributed by atoms with Crippen molar-refractivity contribution >= 4 is 73.7 Å². The molecule has 0 radical (unpaired) electrons. The van der Waals surface area contributed by atoms with Crippen LogP contribution in [0.5, 0.6) is 0 Å². The van der Waals surface area contributed by atoms with Crippen molar-refractivity contribution in [2.45, 2.75) is 101 Å². The lowest BCUT2D eigenvalue weighted by Crippen LogP contribution is -2.76. The first-order valence-electron chi connectivity index (χ1n) is 16.5. The van der Waals surface area contributed by atoms with Gasteiger partial charge in [-0.2, -0.15) is 0 Å². The molecule has 16 heteroatoms. The SMILES string of the molecule is C.CC(C)S(=O)(=O)CC12CC(n3cnc4cnc5[nH]ccc5c43)(C1)C2.CC(C)S(=O)(=O)Cl.NC12CC(n3cnc4cnc5[nH]ccc5c43)(C1)C2. The highest BCUT2D eigenvalue weighted by Crippen LogP contribution is 2.72. The van der Waals surface area contributed by atoms with Gasteiger partial charge in [-0.1, -0.05) is 7.43 Å². The minimum Gasteiger partial charge on any atom is -0.346 e. The molecule has 13 nitrogen and oxygen atoms in total. The number of H-pyrrole nitrogens is 2. The third-order valence-corrected chi connectivity index (χ3v) is 15.8. The number of sulfone groups is 1. The second-order valence-corrected chi connectivity index (χ2v) is 21.2. The summed E-state index contributed by atoms with van der Waals surface area (Å²) in [5.74, 6) is 0.327. The van der Waals surface area contributed by atoms with E-state index in [-0.39, 0.29) is 34.7 Å². The predicted molar refractivity (Wildman–Crippen MR) is 197 cm³/mol. The molecule has 0 spiro atoms. The summed E-state index contributed by atoms with van der Waals surface area (Å²) in [4.78, 5) is 24.1. The first-order valence-corrected chi connectivity index (χ1v) is 20.6. The van der Waals surface area contributed by atoms with Crippen molar-refractivity contribution in [1.82, 2.24) is 39.0 Å². The summed E-state index contributed by atoms with van der Waals surface area (Å²) in [5, 5.41) is 1.48. The summed E-state index contributed by atoms with van der Waals surface area (Å²) in [5.41, 5.74) is 12.5. The van der Waals surface area contributed by atoms with E-state index in [1.54, 1.807) is 20.0 Å². The van der Waals surface area contributed by atoms with Crippen LogP contribution in [0.15, 0.2) is 49.6 Å². The Hall–Kier alpha value is -3.53. The fourth-order valence-electron chi connectivity index (χ4n) is 8.74. The first kappa shape index (κ1) is 34.9. The van der Waals surface area contributed by atoms with Crippen molar-refractivity contribution in [2.75, 3.05) is 5.75 Å². The largest absolute Gasteiger partial charge is 0.346 e. The molecule has 6 aromatic rings. The number of pyridine rings is 2. The maximum Gasteiger partial charge on any atom is 0.234 e. The summed E-state index contributed by atoms with van der Waals surface area (Å²) < 4.78 is 49.3. The van der Waals surface area contributed by atoms with Crippen LogP contribution in [0.1, 0.15) is 73.6 Å². The van der Waals surface area contributed by atoms with Gasteiger partial charge in [0, 0.05) is 44.9 Å². The third kappa shape index (κ3) is 5.25. The smallest absolute Gasteiger partial charge is 0.234 e. The van der Waals surface area contributed by atoms with Crippen LogP contribution in [-0.4, -0.2) is 77.7 Å². The van der Waals surface area contributed by atoms with E-state index in [1.165, 1.54) is 19.4 Å². The van der Waals surface area contributed by atoms with Crippen LogP contribution in [0.25, 0.3) is 44.1 Å². The van der Waals surface area contributed by atoms with E-state index in [2.05, 4.69) is 45.1 Å². The number of aromatic nitrogens is 8. The Labute approximate surface area is 295 Å². The highest BCUT2D eigenvalue weighted by Gasteiger charge is 2.70. The quantitative estimate of drug-likeness (QED) is 0.180. The van der Waals surface area contributed by atoms with Crippen LogP contribution < -0.4 is 5.73 Å². The van der Waals surface area contributed by atoms with Gasteiger partial charge in [0.15, 0.2) is 9.84 Å². The van der Waals surface area contributed by atoms with E-state index in [4.69, 9.17) is 16.4 Å². The molecule has 0 aromatic carbocycles. The summed E-state index contributed by atoms with van der Waals surface area (Å²) >= 11 is 0. The van der Waals surface area contributed by atoms with Gasteiger partial charge in [-0.25, -0.2) is 36.8 Å². The van der Waals surface area contributed by atoms with Gasteiger partial charge in [0.2, 0.25) is 9.05 Å². The van der Waals surface area contributed by atoms with Crippen LogP contribution in [-0.2, 0) is 30.0 Å². The van der Waals surface area contributed by atoms with Gasteiger partial charge < -0.3 is 24.8 Å². The summed E-state index contributed by atoms with van der Waals surface area (Å²) in [7, 11) is -1.41. The zero-order chi connectivity index (χ0) is 34.8. The average molecular weight is 742 g/mol. The lowest BCUT2D eigenvalue weighted by molar-refractivity contribution is -0.168. The molecule has 0 unspecified atom stereocenters. The average Bonchev–Trinajstić information content (AvgIpc) is 3.76. The van der Waals surface area contributed by atoms with Crippen molar-refractivity contribution in [3.05, 3.63) is 49.6 Å². The summed E-state index contributed by atoms with van der Waals surface area (Å²) in [6.45, 7) is 6.61. The Morgan fingerprint density at radius 3 is 1.56 bits per heavy atom. The van der Waals surface area contributed by atoms with Crippen LogP contribution in [0.3, 0.4) is 0 Å². The van der Waals surface area contributed by atoms with Crippen LogP contribution in [0.4, 0.5) is 0 Å². The fourth-order valence-corrected chi connectivity index (χ4v) is 10.2. The number of hydrogen-bond donors (Lipinski definition) is 3. The van der Waals surface area contributed by atoms with Crippen molar-refractivity contribution in [3.8, 4) is 0 Å². The van der Waals surface area contributed by atoms with Gasteiger partial charge >= 0.3 is 0 Å². The molecule has 6 saturated carbocycles. The Balaban J connectivity index is 0.000000133. The Kier molecular flexibility index (Phi) is 7.84. The Morgan fingerprint density at radius 2 is 1.18 bits per heavy atom. The van der Waals surface area contributed by atoms with Crippen LogP contribution >= 0.6 is 10.7 Å². The van der Waals surface area contributed by atoms with Gasteiger partial charge in [0.05, 0.1) is 57.9 Å². The molecule has 4 bridgehead atoms. The van der Waals surface area contributed by atoms with Gasteiger partial charge in [-0.15, -0.1) is 0 Å². The van der Waals surface area contributed by atoms with Crippen molar-refractivity contribution in [3.63, 3.8) is 0 Å². The topological polar surface area (TPSA) is 187 Å². The second kappa shape index (κ2) is 11.2. The second-order valence-electron chi connectivity index (χ2n) is 15.4. The Morgan fingerprint density at radius 1 is 0.760 bits per heavy atom. The highest BCUT2D eigenvalue weighted by atomic mass is 35.7. The number of fused-ring (bicyclic) bond motifs is 6. The molecule has 6 fully saturated rings. The summed E-state index contributed by atoms with van der Waals surface area (Å²) in [6, 6.07) is 4.11. The molecule has 6 aliphatic rings. The number of halogens is 1. The number of hydrogen-bond acceptors (Lipinski definition) is 9. The molecule has 0 atom stereocenters. The van der Waals surface area contributed by atoms with Crippen molar-refractivity contribution in [2.24, 2.45) is 11.1 Å². The molecule has 0 amide bonds. The Bertz CT molecular complexity index is 2450. The lowest BCUT2D eigenvalue weighted by Gasteiger charge is -2.71. The first-order chi connectivity index (χ1) is 23.0. The molecule has 6 heterocycles. The van der Waals surface area contributed by atoms with E-state index in [9.17, 15) is 16.8 Å². The number of nitrogens with zero attached hydrogens (tertiary/aromatic N) is 6. The number of aromatic amines is 2. The number of imidazole rings is 2. The molecular weight excluding hydrogens is 698 g/mol. The molecule has 12 rings (SSSR count). The molecule has 6 aromatic heterocycles. The lowest BCUT2D eigenvalue weighted by atomic mass is 9.40. The monoisotopic (exact) mass is 741 g/mol. The third-order valence-electron chi connectivity index (χ3n) is 11.2. The van der Waals surface area contributed by atoms with E-state index >= 15 is 0 Å². The predicted octanol–water partition coefficient (Wildman–Crippen LogP) is 5.72. The van der Waals surface area contributed by atoms with Gasteiger partial charge in [-0.05, 0) is 83.8 Å². The highest BCUT2D eigenvalue weighted by molar-refractivity contribution is 8.14. The standard InChI is InChI=1S/C17H20N4O2S.C13H13N5.C3H7ClO2S.CH4/c1-11(2)24(22,23)9-16-6-17(7-16,8-16)21-10-20-13-5-19-15-12(14(13)21)3-4-18-15;14-12-4-13(5-12,6-12)18-7-17-9-3-16-11-8(10(9)18)1-2-15-11;1-3(2)7(4,5)6;/h3-5,10-11H,6-9H2,1-2H3,(H,18,19);1-3,7H,4-6,14H2,(H,15,16);3H,1-2H3;1H4. The maximum atomic E-state index is 12.3. The van der Waals surface area contributed by atoms with E-state index in [1.807, 2.05) is 37.3 Å². The minimum absolute atomic E-state index is 0. The normalized spacial score (nSPS) is 27.8. The zero-order valence-electron chi connectivity index (χ0n) is 27.8. The molecule has 268 valence electrons. The molecular formula is C34H44ClN9O4S2. The molecule has 6 aliphatic carbocycles. The van der Waals surface area contributed by atoms with E-state index in [0.717, 1.165) is 77.1 Å². The maximum absolute atomic E-state index is 12.3. The van der Waals surface area contributed by atoms with Gasteiger partial charge in [0.1, 0.15) is 22.3 Å². The molecule has 0 saturated heterocycles. The number of nitrogens with two attached hydrogens (primary N) is 1. The minimum atomic E-state index is -3.27. The molecule has 0 aliphatic heterocycles. The van der Waals surface area contributed by atoms with Gasteiger partial charge in [0.25, 0.3) is 0 Å². The molecule has 4 N–H and O–H groups in total. The van der Waals surface area contributed by atoms with E-state index in [0.29, 0.717) is 5.75 Å². The van der Waals surface area contributed by atoms with Gasteiger partial charge in [-0.3, -0.25) is 0 Å². The van der Waals surface area contributed by atoms with Crippen LogP contribution in [0.2, 0.25) is 0 Å². The number of rotatable bonds is 6. The van der Waals surface area contributed by atoms with E-state index < -0.39 is 24.1 Å². The fraction of sp³-hybridized carbons (Fsp3) is 0.529. The molecule has 50 heavy (non-hydrogen) atoms. The number of nitrogens with one attached hydrogen (secondary N) is 2. The summed E-state index contributed by atoms with van der Waals surface area (Å²) in [6.07, 6.45) is 17.4. The van der Waals surface area contributed by atoms with Crippen LogP contribution in [0, 0.1) is 5.41 Å². The van der Waals surface area contributed by atoms with Crippen molar-refractivity contribution < 1.29 is 16.8 Å². The van der Waals surface area contributed by atoms with Crippen molar-refractivity contribution in [1.29, 1.82) is 0 Å². The zero-order valence-corrected chi connectivity index (χ0v) is 30.2.